The van der Waals surface area contributed by atoms with Crippen molar-refractivity contribution >= 4 is 69.7 Å². The van der Waals surface area contributed by atoms with Gasteiger partial charge >= 0.3 is 0 Å². The van der Waals surface area contributed by atoms with Gasteiger partial charge in [0.25, 0.3) is 0 Å². The summed E-state index contributed by atoms with van der Waals surface area (Å²) in [6, 6.07) is 76.3. The van der Waals surface area contributed by atoms with Crippen LogP contribution in [0.25, 0.3) is 44.2 Å². The van der Waals surface area contributed by atoms with Crippen molar-refractivity contribution in [1.29, 1.82) is 0 Å². The fraction of sp³-hybridized carbons (Fsp3) is 0.100. The first-order valence-corrected chi connectivity index (χ1v) is 23.8. The van der Waals surface area contributed by atoms with Gasteiger partial charge in [-0.2, -0.15) is 0 Å². The van der Waals surface area contributed by atoms with Gasteiger partial charge in [-0.1, -0.05) is 265 Å². The average Bonchev–Trinajstić information content (AvgIpc) is 3.80. The second kappa shape index (κ2) is 21.5. The Balaban J connectivity index is 1.21. The molecule has 0 N–H and O–H groups in total. The maximum Gasteiger partial charge on any atom is 0.241 e. The summed E-state index contributed by atoms with van der Waals surface area (Å²) in [5, 5.41) is 0. The number of rotatable bonds is 17. The van der Waals surface area contributed by atoms with E-state index < -0.39 is 0 Å². The topological polar surface area (TPSA) is 25.8 Å². The van der Waals surface area contributed by atoms with Crippen LogP contribution < -0.4 is 21.9 Å². The van der Waals surface area contributed by atoms with Crippen LogP contribution in [-0.2, 0) is 6.42 Å². The molecule has 5 heteroatoms. The summed E-state index contributed by atoms with van der Waals surface area (Å²) < 4.78 is 0. The highest BCUT2D eigenvalue weighted by atomic mass is 32.1. The minimum atomic E-state index is 0.0116. The van der Waals surface area contributed by atoms with Crippen molar-refractivity contribution < 1.29 is 0 Å². The van der Waals surface area contributed by atoms with Gasteiger partial charge in [0, 0.05) is 23.5 Å². The lowest BCUT2D eigenvalue weighted by Gasteiger charge is -2.20. The van der Waals surface area contributed by atoms with Crippen LogP contribution in [0.2, 0.25) is 0 Å². The largest absolute Gasteiger partial charge is 0.255 e. The minimum absolute atomic E-state index is 0.0116. The van der Waals surface area contributed by atoms with E-state index in [-0.39, 0.29) is 13.4 Å². The first-order valence-electron chi connectivity index (χ1n) is 23.0. The zero-order valence-electron chi connectivity index (χ0n) is 37.0. The molecule has 314 valence electrons. The Bertz CT molecular complexity index is 2870. The molecule has 0 atom stereocenters. The van der Waals surface area contributed by atoms with Crippen LogP contribution in [0.3, 0.4) is 0 Å². The van der Waals surface area contributed by atoms with E-state index in [9.17, 15) is 0 Å². The van der Waals surface area contributed by atoms with Gasteiger partial charge in [-0.25, -0.2) is 0 Å². The summed E-state index contributed by atoms with van der Waals surface area (Å²) in [5.41, 5.74) is 15.4. The van der Waals surface area contributed by atoms with E-state index in [4.69, 9.17) is 9.97 Å². The van der Waals surface area contributed by atoms with Crippen molar-refractivity contribution in [2.45, 2.75) is 39.0 Å². The molecule has 6 aromatic carbocycles. The number of aromatic nitrogens is 2. The second-order valence-corrected chi connectivity index (χ2v) is 17.7. The van der Waals surface area contributed by atoms with Crippen molar-refractivity contribution in [1.82, 2.24) is 9.97 Å². The van der Waals surface area contributed by atoms with E-state index in [1.165, 1.54) is 73.6 Å². The molecule has 0 aliphatic heterocycles. The molecule has 3 heterocycles. The predicted molar refractivity (Wildman–Crippen MR) is 283 cm³/mol. The van der Waals surface area contributed by atoms with Crippen LogP contribution >= 0.6 is 11.3 Å². The molecule has 9 aromatic rings. The molecule has 0 radical (unpaired) electrons. The predicted octanol–water partition coefficient (Wildman–Crippen LogP) is 12.8. The van der Waals surface area contributed by atoms with Crippen LogP contribution in [0, 0.1) is 0 Å². The van der Waals surface area contributed by atoms with Gasteiger partial charge in [-0.15, -0.1) is 11.3 Å². The maximum atomic E-state index is 5.25. The van der Waals surface area contributed by atoms with E-state index >= 15 is 0 Å². The van der Waals surface area contributed by atoms with Gasteiger partial charge in [-0.05, 0) is 47.7 Å². The molecule has 2 nitrogen and oxygen atoms in total. The highest BCUT2D eigenvalue weighted by Gasteiger charge is 2.28. The Hall–Kier alpha value is -7.07. The third kappa shape index (κ3) is 10.3. The molecular formula is C60H52B2N2S. The van der Waals surface area contributed by atoms with Gasteiger partial charge in [0.1, 0.15) is 0 Å². The molecule has 0 aliphatic carbocycles. The molecule has 3 aromatic heterocycles. The van der Waals surface area contributed by atoms with Crippen molar-refractivity contribution in [2.75, 3.05) is 0 Å². The maximum absolute atomic E-state index is 5.25. The summed E-state index contributed by atoms with van der Waals surface area (Å²) in [4.78, 5) is 12.8. The summed E-state index contributed by atoms with van der Waals surface area (Å²) in [6.45, 7) is 2.30. The van der Waals surface area contributed by atoms with Crippen LogP contribution in [0.15, 0.2) is 225 Å². The molecule has 0 fully saturated rings. The monoisotopic (exact) mass is 854 g/mol. The van der Waals surface area contributed by atoms with Gasteiger partial charge in [0.15, 0.2) is 0 Å². The molecule has 0 spiro atoms. The normalized spacial score (nSPS) is 11.6. The van der Waals surface area contributed by atoms with Crippen LogP contribution in [0.5, 0.6) is 0 Å². The molecule has 0 unspecified atom stereocenters. The first kappa shape index (κ1) is 43.2. The SMILES string of the molecule is CCCCCCc1cc(-c2ncccc2/C=C(\B(c2ccccc2)c2ccccc2)c2ccccc2)sc1-c1ncccc1/C=C(\B(c1ccccc1)c1ccccc1)c1ccccc1. The second-order valence-electron chi connectivity index (χ2n) is 16.6. The number of thiophene rings is 1. The van der Waals surface area contributed by atoms with Gasteiger partial charge in [-0.3, -0.25) is 9.97 Å². The number of nitrogens with zero attached hydrogens (tertiary/aromatic N) is 2. The van der Waals surface area contributed by atoms with Gasteiger partial charge in [0.05, 0.1) is 21.1 Å². The number of hydrogen-bond donors (Lipinski definition) is 0. The molecule has 0 amide bonds. The Morgan fingerprint density at radius 1 is 0.446 bits per heavy atom. The average molecular weight is 855 g/mol. The Morgan fingerprint density at radius 3 is 1.28 bits per heavy atom. The number of unbranched alkanes of at least 4 members (excludes halogenated alkanes) is 3. The number of benzene rings is 6. The summed E-state index contributed by atoms with van der Waals surface area (Å²) in [6.07, 6.45) is 14.4. The molecule has 0 saturated carbocycles. The third-order valence-corrected chi connectivity index (χ3v) is 13.4. The Morgan fingerprint density at radius 2 is 0.846 bits per heavy atom. The van der Waals surface area contributed by atoms with Crippen molar-refractivity contribution in [3.05, 3.63) is 253 Å². The third-order valence-electron chi connectivity index (χ3n) is 12.2. The smallest absolute Gasteiger partial charge is 0.241 e. The molecule has 0 saturated heterocycles. The van der Waals surface area contributed by atoms with Gasteiger partial charge < -0.3 is 0 Å². The zero-order valence-corrected chi connectivity index (χ0v) is 37.8. The lowest BCUT2D eigenvalue weighted by molar-refractivity contribution is 0.668. The Kier molecular flexibility index (Phi) is 14.3. The highest BCUT2D eigenvalue weighted by Crippen LogP contribution is 2.41. The van der Waals surface area contributed by atoms with E-state index in [2.05, 4.69) is 231 Å². The molecule has 0 aliphatic rings. The quantitative estimate of drug-likeness (QED) is 0.0674. The number of aryl methyl sites for hydroxylation is 1. The summed E-state index contributed by atoms with van der Waals surface area (Å²) in [5.74, 6) is 0. The van der Waals surface area contributed by atoms with E-state index in [0.29, 0.717) is 0 Å². The molecule has 9 rings (SSSR count). The van der Waals surface area contributed by atoms with E-state index in [0.717, 1.165) is 40.2 Å². The van der Waals surface area contributed by atoms with Crippen molar-refractivity contribution in [2.24, 2.45) is 0 Å². The molecule has 65 heavy (non-hydrogen) atoms. The highest BCUT2D eigenvalue weighted by molar-refractivity contribution is 7.19. The fourth-order valence-electron chi connectivity index (χ4n) is 9.09. The number of hydrogen-bond acceptors (Lipinski definition) is 3. The summed E-state index contributed by atoms with van der Waals surface area (Å²) >= 11 is 1.82. The minimum Gasteiger partial charge on any atom is -0.255 e. The van der Waals surface area contributed by atoms with Crippen LogP contribution in [0.4, 0.5) is 0 Å². The standard InChI is InChI=1S/C60H52B2N2S/c1-2-3-4-11-30-50-45-57(58-48(31-24-41-63-58)43-55(46-26-12-5-13-27-46)61(51-33-16-7-17-34-51)52-35-18-8-19-36-52)65-60(50)59-49(32-25-42-64-59)44-56(47-28-14-6-15-29-47)62(53-37-20-9-21-38-53)54-39-22-10-23-40-54/h5-10,12-29,31-45H,2-4,11,30H2,1H3/b55-43-,56-44-. The van der Waals surface area contributed by atoms with Gasteiger partial charge in [0.2, 0.25) is 13.4 Å². The van der Waals surface area contributed by atoms with E-state index in [1.54, 1.807) is 0 Å². The lowest BCUT2D eigenvalue weighted by Crippen LogP contribution is -2.43. The van der Waals surface area contributed by atoms with Crippen molar-refractivity contribution in [3.8, 4) is 21.1 Å². The van der Waals surface area contributed by atoms with E-state index in [1.807, 2.05) is 23.7 Å². The lowest BCUT2D eigenvalue weighted by atomic mass is 9.35. The van der Waals surface area contributed by atoms with Crippen molar-refractivity contribution in [3.63, 3.8) is 0 Å². The Labute approximate surface area is 390 Å². The molecule has 0 bridgehead atoms. The first-order chi connectivity index (χ1) is 32.2. The fourth-order valence-corrected chi connectivity index (χ4v) is 10.3. The van der Waals surface area contributed by atoms with Crippen LogP contribution in [0.1, 0.15) is 60.4 Å². The zero-order chi connectivity index (χ0) is 44.0. The summed E-state index contributed by atoms with van der Waals surface area (Å²) in [7, 11) is 0. The molecular weight excluding hydrogens is 802 g/mol. The van der Waals surface area contributed by atoms with Crippen LogP contribution in [-0.4, -0.2) is 23.4 Å². The number of pyridine rings is 2.